The molecule has 0 aromatic heterocycles. The second-order valence-electron chi connectivity index (χ2n) is 4.55. The minimum absolute atomic E-state index is 0.169. The summed E-state index contributed by atoms with van der Waals surface area (Å²) in [5.74, 6) is 1.02. The Kier molecular flexibility index (Phi) is 4.20. The molecule has 0 saturated carbocycles. The van der Waals surface area contributed by atoms with Crippen LogP contribution >= 0.6 is 0 Å². The molecule has 1 aliphatic heterocycles. The van der Waals surface area contributed by atoms with Gasteiger partial charge in [-0.3, -0.25) is 4.79 Å². The van der Waals surface area contributed by atoms with Crippen LogP contribution in [0.3, 0.4) is 0 Å². The van der Waals surface area contributed by atoms with Crippen LogP contribution in [0.2, 0.25) is 0 Å². The summed E-state index contributed by atoms with van der Waals surface area (Å²) >= 11 is 0. The third kappa shape index (κ3) is 2.64. The number of ether oxygens (including phenoxy) is 1. The number of rotatable bonds is 4. The normalized spacial score (nSPS) is 19.0. The number of hydrogen-bond donors (Lipinski definition) is 1. The molecule has 1 aliphatic rings. The van der Waals surface area contributed by atoms with Gasteiger partial charge in [0, 0.05) is 6.54 Å². The predicted molar refractivity (Wildman–Crippen MR) is 70.6 cm³/mol. The van der Waals surface area contributed by atoms with E-state index in [1.54, 1.807) is 14.2 Å². The summed E-state index contributed by atoms with van der Waals surface area (Å²) < 4.78 is 5.24. The zero-order chi connectivity index (χ0) is 13.0. The van der Waals surface area contributed by atoms with E-state index in [-0.39, 0.29) is 11.9 Å². The van der Waals surface area contributed by atoms with Gasteiger partial charge < -0.3 is 15.0 Å². The minimum atomic E-state index is 0.169. The first-order valence-electron chi connectivity index (χ1n) is 6.34. The largest absolute Gasteiger partial charge is 0.497 e. The standard InChI is InChI=1S/C14H20N2O2/c1-15-10-14(17)16-8-4-7-13(16)11-5-3-6-12(9-11)18-2/h3,5-6,9,13,15H,4,7-8,10H2,1-2H3. The number of nitrogens with zero attached hydrogens (tertiary/aromatic N) is 1. The summed E-state index contributed by atoms with van der Waals surface area (Å²) in [5.41, 5.74) is 1.16. The van der Waals surface area contributed by atoms with Crippen molar-refractivity contribution >= 4 is 5.91 Å². The molecule has 98 valence electrons. The van der Waals surface area contributed by atoms with Crippen molar-refractivity contribution in [2.75, 3.05) is 27.2 Å². The van der Waals surface area contributed by atoms with Gasteiger partial charge in [0.25, 0.3) is 0 Å². The lowest BCUT2D eigenvalue weighted by Gasteiger charge is -2.25. The fourth-order valence-electron chi connectivity index (χ4n) is 2.51. The van der Waals surface area contributed by atoms with Gasteiger partial charge >= 0.3 is 0 Å². The molecule has 1 aromatic carbocycles. The van der Waals surface area contributed by atoms with Crippen LogP contribution in [0, 0.1) is 0 Å². The molecular weight excluding hydrogens is 228 g/mol. The second-order valence-corrected chi connectivity index (χ2v) is 4.55. The van der Waals surface area contributed by atoms with Gasteiger partial charge in [0.2, 0.25) is 5.91 Å². The molecule has 1 aromatic rings. The van der Waals surface area contributed by atoms with Crippen molar-refractivity contribution in [3.05, 3.63) is 29.8 Å². The Hall–Kier alpha value is -1.55. The highest BCUT2D eigenvalue weighted by atomic mass is 16.5. The van der Waals surface area contributed by atoms with E-state index < -0.39 is 0 Å². The third-order valence-corrected chi connectivity index (χ3v) is 3.38. The van der Waals surface area contributed by atoms with Crippen LogP contribution in [0.25, 0.3) is 0 Å². The average Bonchev–Trinajstić information content (AvgIpc) is 2.88. The lowest BCUT2D eigenvalue weighted by molar-refractivity contribution is -0.131. The average molecular weight is 248 g/mol. The summed E-state index contributed by atoms with van der Waals surface area (Å²) in [6, 6.07) is 8.19. The molecule has 0 aliphatic carbocycles. The van der Waals surface area contributed by atoms with E-state index >= 15 is 0 Å². The van der Waals surface area contributed by atoms with E-state index in [1.807, 2.05) is 23.1 Å². The number of hydrogen-bond acceptors (Lipinski definition) is 3. The quantitative estimate of drug-likeness (QED) is 0.879. The fourth-order valence-corrected chi connectivity index (χ4v) is 2.51. The van der Waals surface area contributed by atoms with Crippen molar-refractivity contribution in [3.63, 3.8) is 0 Å². The molecule has 1 atom stereocenters. The highest BCUT2D eigenvalue weighted by Gasteiger charge is 2.29. The van der Waals surface area contributed by atoms with Gasteiger partial charge in [0.05, 0.1) is 19.7 Å². The Bertz CT molecular complexity index is 420. The van der Waals surface area contributed by atoms with E-state index in [4.69, 9.17) is 4.74 Å². The van der Waals surface area contributed by atoms with Gasteiger partial charge in [0.15, 0.2) is 0 Å². The molecular formula is C14H20N2O2. The maximum atomic E-state index is 12.0. The van der Waals surface area contributed by atoms with Crippen molar-refractivity contribution in [1.82, 2.24) is 10.2 Å². The van der Waals surface area contributed by atoms with Crippen LogP contribution in [0.15, 0.2) is 24.3 Å². The topological polar surface area (TPSA) is 41.6 Å². The Morgan fingerprint density at radius 1 is 1.56 bits per heavy atom. The molecule has 1 saturated heterocycles. The number of amides is 1. The molecule has 0 spiro atoms. The maximum absolute atomic E-state index is 12.0. The molecule has 1 heterocycles. The van der Waals surface area contributed by atoms with Gasteiger partial charge in [-0.15, -0.1) is 0 Å². The fraction of sp³-hybridized carbons (Fsp3) is 0.500. The van der Waals surface area contributed by atoms with E-state index in [0.717, 1.165) is 30.7 Å². The van der Waals surface area contributed by atoms with Crippen LogP contribution in [0.1, 0.15) is 24.4 Å². The second kappa shape index (κ2) is 5.87. The predicted octanol–water partition coefficient (Wildman–Crippen LogP) is 1.58. The summed E-state index contributed by atoms with van der Waals surface area (Å²) in [6.45, 7) is 1.25. The number of carbonyl (C=O) groups is 1. The first-order chi connectivity index (χ1) is 8.76. The van der Waals surface area contributed by atoms with Gasteiger partial charge in [-0.2, -0.15) is 0 Å². The molecule has 18 heavy (non-hydrogen) atoms. The molecule has 0 bridgehead atoms. The number of methoxy groups -OCH3 is 1. The lowest BCUT2D eigenvalue weighted by Crippen LogP contribution is -2.36. The van der Waals surface area contributed by atoms with Crippen LogP contribution < -0.4 is 10.1 Å². The Labute approximate surface area is 108 Å². The van der Waals surface area contributed by atoms with Crippen LogP contribution in [-0.2, 0) is 4.79 Å². The molecule has 1 amide bonds. The first kappa shape index (κ1) is 12.9. The molecule has 2 rings (SSSR count). The third-order valence-electron chi connectivity index (χ3n) is 3.38. The van der Waals surface area contributed by atoms with Crippen molar-refractivity contribution in [1.29, 1.82) is 0 Å². The zero-order valence-electron chi connectivity index (χ0n) is 11.0. The zero-order valence-corrected chi connectivity index (χ0v) is 11.0. The Morgan fingerprint density at radius 3 is 3.11 bits per heavy atom. The monoisotopic (exact) mass is 248 g/mol. The number of likely N-dealkylation sites (N-methyl/N-ethyl adjacent to an activating group) is 1. The molecule has 1 N–H and O–H groups in total. The minimum Gasteiger partial charge on any atom is -0.497 e. The summed E-state index contributed by atoms with van der Waals surface area (Å²) in [7, 11) is 3.46. The number of likely N-dealkylation sites (tertiary alicyclic amines) is 1. The molecule has 4 heteroatoms. The number of nitrogens with one attached hydrogen (secondary N) is 1. The van der Waals surface area contributed by atoms with Crippen LogP contribution in [0.4, 0.5) is 0 Å². The van der Waals surface area contributed by atoms with Crippen LogP contribution in [-0.4, -0.2) is 38.1 Å². The first-order valence-corrected chi connectivity index (χ1v) is 6.34. The highest BCUT2D eigenvalue weighted by molar-refractivity contribution is 5.79. The smallest absolute Gasteiger partial charge is 0.237 e. The molecule has 0 radical (unpaired) electrons. The van der Waals surface area contributed by atoms with Gasteiger partial charge in [0.1, 0.15) is 5.75 Å². The summed E-state index contributed by atoms with van der Waals surface area (Å²) in [4.78, 5) is 14.0. The van der Waals surface area contributed by atoms with Crippen molar-refractivity contribution < 1.29 is 9.53 Å². The Balaban J connectivity index is 2.17. The van der Waals surface area contributed by atoms with Crippen molar-refractivity contribution in [2.24, 2.45) is 0 Å². The lowest BCUT2D eigenvalue weighted by atomic mass is 10.0. The number of carbonyl (C=O) groups excluding carboxylic acids is 1. The molecule has 1 fully saturated rings. The van der Waals surface area contributed by atoms with E-state index in [1.165, 1.54) is 0 Å². The van der Waals surface area contributed by atoms with Crippen LogP contribution in [0.5, 0.6) is 5.75 Å². The Morgan fingerprint density at radius 2 is 2.39 bits per heavy atom. The van der Waals surface area contributed by atoms with Crippen molar-refractivity contribution in [3.8, 4) is 5.75 Å². The molecule has 1 unspecified atom stereocenters. The van der Waals surface area contributed by atoms with E-state index in [0.29, 0.717) is 6.54 Å². The molecule has 4 nitrogen and oxygen atoms in total. The SMILES string of the molecule is CNCC(=O)N1CCCC1c1cccc(OC)c1. The van der Waals surface area contributed by atoms with Gasteiger partial charge in [-0.05, 0) is 37.6 Å². The highest BCUT2D eigenvalue weighted by Crippen LogP contribution is 2.33. The van der Waals surface area contributed by atoms with Gasteiger partial charge in [-0.25, -0.2) is 0 Å². The summed E-state index contributed by atoms with van der Waals surface area (Å²) in [6.07, 6.45) is 2.10. The van der Waals surface area contributed by atoms with E-state index in [2.05, 4.69) is 11.4 Å². The number of benzene rings is 1. The van der Waals surface area contributed by atoms with Gasteiger partial charge in [-0.1, -0.05) is 12.1 Å². The maximum Gasteiger partial charge on any atom is 0.237 e. The van der Waals surface area contributed by atoms with E-state index in [9.17, 15) is 4.79 Å². The summed E-state index contributed by atoms with van der Waals surface area (Å²) in [5, 5.41) is 2.92. The van der Waals surface area contributed by atoms with Crippen molar-refractivity contribution in [2.45, 2.75) is 18.9 Å².